The van der Waals surface area contributed by atoms with E-state index in [1.807, 2.05) is 27.7 Å². The summed E-state index contributed by atoms with van der Waals surface area (Å²) in [5, 5.41) is 2.89. The van der Waals surface area contributed by atoms with Gasteiger partial charge in [0.2, 0.25) is 5.88 Å². The molecule has 24 heavy (non-hydrogen) atoms. The second-order valence-electron chi connectivity index (χ2n) is 7.48. The van der Waals surface area contributed by atoms with Gasteiger partial charge >= 0.3 is 6.03 Å². The predicted octanol–water partition coefficient (Wildman–Crippen LogP) is 1.86. The van der Waals surface area contributed by atoms with Gasteiger partial charge in [0.15, 0.2) is 5.54 Å². The molecular formula is C17H23N3O4. The van der Waals surface area contributed by atoms with Gasteiger partial charge in [0, 0.05) is 18.7 Å². The van der Waals surface area contributed by atoms with Crippen LogP contribution in [0.1, 0.15) is 39.7 Å². The van der Waals surface area contributed by atoms with Crippen LogP contribution in [-0.4, -0.2) is 45.7 Å². The molecule has 0 aromatic carbocycles. The molecule has 7 heteroatoms. The lowest BCUT2D eigenvalue weighted by molar-refractivity contribution is -0.138. The predicted molar refractivity (Wildman–Crippen MR) is 86.5 cm³/mol. The first-order chi connectivity index (χ1) is 11.1. The van der Waals surface area contributed by atoms with Crippen LogP contribution in [0.2, 0.25) is 0 Å². The molecule has 130 valence electrons. The van der Waals surface area contributed by atoms with Crippen LogP contribution in [0, 0.1) is 0 Å². The van der Waals surface area contributed by atoms with Crippen LogP contribution >= 0.6 is 0 Å². The Bertz CT molecular complexity index is 701. The van der Waals surface area contributed by atoms with E-state index in [1.54, 1.807) is 18.3 Å². The second-order valence-corrected chi connectivity index (χ2v) is 7.48. The summed E-state index contributed by atoms with van der Waals surface area (Å²) in [6.07, 6.45) is 2.03. The fourth-order valence-electron chi connectivity index (χ4n) is 3.81. The summed E-state index contributed by atoms with van der Waals surface area (Å²) in [6, 6.07) is 3.07. The molecule has 0 bridgehead atoms. The van der Waals surface area contributed by atoms with Gasteiger partial charge in [0.05, 0.1) is 24.9 Å². The van der Waals surface area contributed by atoms with Crippen molar-refractivity contribution in [1.82, 2.24) is 15.2 Å². The maximum Gasteiger partial charge on any atom is 0.325 e. The van der Waals surface area contributed by atoms with Crippen LogP contribution in [0.4, 0.5) is 4.79 Å². The lowest BCUT2D eigenvalue weighted by Gasteiger charge is -2.33. The molecule has 1 spiro atoms. The molecule has 2 saturated heterocycles. The number of carbonyl (C=O) groups is 2. The lowest BCUT2D eigenvalue weighted by Crippen LogP contribution is -2.59. The van der Waals surface area contributed by atoms with Gasteiger partial charge < -0.3 is 14.8 Å². The maximum absolute atomic E-state index is 13.1. The van der Waals surface area contributed by atoms with E-state index in [1.165, 1.54) is 12.0 Å². The monoisotopic (exact) mass is 333 g/mol. The van der Waals surface area contributed by atoms with Crippen molar-refractivity contribution in [3.8, 4) is 5.88 Å². The number of aromatic nitrogens is 1. The average molecular weight is 333 g/mol. The number of imide groups is 1. The Labute approximate surface area is 141 Å². The molecule has 3 heterocycles. The fraction of sp³-hybridized carbons (Fsp3) is 0.588. The number of ether oxygens (including phenoxy) is 2. The van der Waals surface area contributed by atoms with Crippen LogP contribution in [-0.2, 0) is 16.1 Å². The van der Waals surface area contributed by atoms with Crippen LogP contribution in [0.5, 0.6) is 5.88 Å². The molecule has 3 amide bonds. The number of nitrogens with zero attached hydrogens (tertiary/aromatic N) is 2. The van der Waals surface area contributed by atoms with Gasteiger partial charge in [-0.05, 0) is 39.3 Å². The average Bonchev–Trinajstić information content (AvgIpc) is 2.82. The normalized spacial score (nSPS) is 27.6. The van der Waals surface area contributed by atoms with Crippen LogP contribution in [0.15, 0.2) is 18.3 Å². The van der Waals surface area contributed by atoms with Gasteiger partial charge in [0.25, 0.3) is 5.91 Å². The van der Waals surface area contributed by atoms with Crippen molar-refractivity contribution in [3.63, 3.8) is 0 Å². The Morgan fingerprint density at radius 3 is 2.62 bits per heavy atom. The fourth-order valence-corrected chi connectivity index (χ4v) is 3.81. The minimum Gasteiger partial charge on any atom is -0.481 e. The summed E-state index contributed by atoms with van der Waals surface area (Å²) in [5.74, 6) is 0.193. The molecular weight excluding hydrogens is 310 g/mol. The van der Waals surface area contributed by atoms with Gasteiger partial charge in [-0.25, -0.2) is 9.78 Å². The highest BCUT2D eigenvalue weighted by Crippen LogP contribution is 2.48. The summed E-state index contributed by atoms with van der Waals surface area (Å²) in [7, 11) is 1.52. The van der Waals surface area contributed by atoms with E-state index in [-0.39, 0.29) is 12.5 Å². The molecule has 3 rings (SSSR count). The summed E-state index contributed by atoms with van der Waals surface area (Å²) < 4.78 is 11.1. The number of carbonyl (C=O) groups excluding carboxylic acids is 2. The largest absolute Gasteiger partial charge is 0.481 e. The highest BCUT2D eigenvalue weighted by atomic mass is 16.5. The summed E-state index contributed by atoms with van der Waals surface area (Å²) in [6.45, 7) is 7.72. The number of rotatable bonds is 3. The minimum absolute atomic E-state index is 0.168. The van der Waals surface area contributed by atoms with Crippen LogP contribution in [0.25, 0.3) is 0 Å². The van der Waals surface area contributed by atoms with Crippen molar-refractivity contribution < 1.29 is 19.1 Å². The molecule has 1 aromatic rings. The summed E-state index contributed by atoms with van der Waals surface area (Å²) in [5.41, 5.74) is -1.53. The van der Waals surface area contributed by atoms with E-state index in [2.05, 4.69) is 10.3 Å². The smallest absolute Gasteiger partial charge is 0.325 e. The molecule has 2 aliphatic rings. The SMILES string of the molecule is COc1cc(CN2C(=O)NC3(CC(C)(C)OC3(C)C)C2=O)ccn1. The third kappa shape index (κ3) is 2.43. The molecule has 7 nitrogen and oxygen atoms in total. The maximum atomic E-state index is 13.1. The summed E-state index contributed by atoms with van der Waals surface area (Å²) in [4.78, 5) is 30.9. The Hall–Kier alpha value is -2.15. The lowest BCUT2D eigenvalue weighted by atomic mass is 9.79. The number of amides is 3. The molecule has 1 atom stereocenters. The van der Waals surface area contributed by atoms with Crippen molar-refractivity contribution in [1.29, 1.82) is 0 Å². The van der Waals surface area contributed by atoms with Crippen molar-refractivity contribution >= 4 is 11.9 Å². The molecule has 1 N–H and O–H groups in total. The number of pyridine rings is 1. The van der Waals surface area contributed by atoms with Crippen LogP contribution in [0.3, 0.4) is 0 Å². The van der Waals surface area contributed by atoms with Crippen LogP contribution < -0.4 is 10.1 Å². The minimum atomic E-state index is -1.04. The standard InChI is InChI=1S/C17H23N3O4/c1-15(2)10-17(16(3,4)24-15)13(21)20(14(22)19-17)9-11-6-7-18-12(8-11)23-5/h6-8H,9-10H2,1-5H3,(H,19,22). The number of hydrogen-bond acceptors (Lipinski definition) is 5. The zero-order chi connectivity index (χ0) is 17.8. The van der Waals surface area contributed by atoms with Gasteiger partial charge in [-0.3, -0.25) is 9.69 Å². The van der Waals surface area contributed by atoms with E-state index >= 15 is 0 Å². The number of methoxy groups -OCH3 is 1. The second kappa shape index (κ2) is 5.17. The first-order valence-corrected chi connectivity index (χ1v) is 7.93. The van der Waals surface area contributed by atoms with E-state index in [0.717, 1.165) is 5.56 Å². The zero-order valence-electron chi connectivity index (χ0n) is 14.7. The third-order valence-corrected chi connectivity index (χ3v) is 4.77. The zero-order valence-corrected chi connectivity index (χ0v) is 14.7. The Morgan fingerprint density at radius 2 is 2.04 bits per heavy atom. The number of hydrogen-bond donors (Lipinski definition) is 1. The van der Waals surface area contributed by atoms with Crippen molar-refractivity contribution in [2.75, 3.05) is 7.11 Å². The molecule has 0 aliphatic carbocycles. The number of nitrogens with one attached hydrogen (secondary N) is 1. The van der Waals surface area contributed by atoms with Crippen molar-refractivity contribution in [2.24, 2.45) is 0 Å². The third-order valence-electron chi connectivity index (χ3n) is 4.77. The quantitative estimate of drug-likeness (QED) is 0.854. The first-order valence-electron chi connectivity index (χ1n) is 7.93. The highest BCUT2D eigenvalue weighted by molar-refractivity contribution is 6.08. The Kier molecular flexibility index (Phi) is 3.60. The first kappa shape index (κ1) is 16.7. The molecule has 2 fully saturated rings. The van der Waals surface area contributed by atoms with Gasteiger partial charge in [0.1, 0.15) is 0 Å². The Balaban J connectivity index is 1.90. The van der Waals surface area contributed by atoms with Crippen molar-refractivity contribution in [2.45, 2.75) is 57.4 Å². The van der Waals surface area contributed by atoms with Gasteiger partial charge in [-0.1, -0.05) is 0 Å². The van der Waals surface area contributed by atoms with E-state index in [4.69, 9.17) is 9.47 Å². The van der Waals surface area contributed by atoms with Crippen molar-refractivity contribution in [3.05, 3.63) is 23.9 Å². The van der Waals surface area contributed by atoms with E-state index in [0.29, 0.717) is 12.3 Å². The van der Waals surface area contributed by atoms with E-state index < -0.39 is 22.8 Å². The topological polar surface area (TPSA) is 80.8 Å². The summed E-state index contributed by atoms with van der Waals surface area (Å²) >= 11 is 0. The molecule has 1 aromatic heterocycles. The van der Waals surface area contributed by atoms with E-state index in [9.17, 15) is 9.59 Å². The molecule has 0 radical (unpaired) electrons. The molecule has 0 saturated carbocycles. The Morgan fingerprint density at radius 1 is 1.33 bits per heavy atom. The molecule has 2 aliphatic heterocycles. The number of urea groups is 1. The molecule has 1 unspecified atom stereocenters. The van der Waals surface area contributed by atoms with Gasteiger partial charge in [-0.15, -0.1) is 0 Å². The van der Waals surface area contributed by atoms with Gasteiger partial charge in [-0.2, -0.15) is 0 Å². The highest BCUT2D eigenvalue weighted by Gasteiger charge is 2.67.